The Kier molecular flexibility index (Phi) is 9.37. The lowest BCUT2D eigenvalue weighted by molar-refractivity contribution is 0.0277. The molecule has 0 saturated heterocycles. The Balaban J connectivity index is 1.63. The van der Waals surface area contributed by atoms with E-state index in [2.05, 4.69) is 33.8 Å². The van der Waals surface area contributed by atoms with E-state index in [0.717, 1.165) is 32.1 Å². The molecular weight excluding hydrogens is 314 g/mol. The molecule has 140 valence electrons. The van der Waals surface area contributed by atoms with E-state index in [9.17, 15) is 0 Å². The Bertz CT molecular complexity index is 513. The summed E-state index contributed by atoms with van der Waals surface area (Å²) in [6, 6.07) is 8.30. The van der Waals surface area contributed by atoms with Crippen LogP contribution < -0.4 is 10.6 Å². The first kappa shape index (κ1) is 19.7. The second-order valence-corrected chi connectivity index (χ2v) is 6.54. The lowest BCUT2D eigenvalue weighted by Gasteiger charge is -2.22. The fourth-order valence-electron chi connectivity index (χ4n) is 3.19. The fourth-order valence-corrected chi connectivity index (χ4v) is 3.19. The highest BCUT2D eigenvalue weighted by molar-refractivity contribution is 5.79. The summed E-state index contributed by atoms with van der Waals surface area (Å²) in [6.07, 6.45) is 7.97. The quantitative estimate of drug-likeness (QED) is 0.409. The summed E-state index contributed by atoms with van der Waals surface area (Å²) >= 11 is 0. The Hall–Kier alpha value is -1.59. The predicted molar refractivity (Wildman–Crippen MR) is 103 cm³/mol. The summed E-state index contributed by atoms with van der Waals surface area (Å²) < 4.78 is 11.2. The van der Waals surface area contributed by atoms with Crippen molar-refractivity contribution in [2.24, 2.45) is 4.99 Å². The van der Waals surface area contributed by atoms with Gasteiger partial charge in [-0.25, -0.2) is 0 Å². The van der Waals surface area contributed by atoms with Gasteiger partial charge in [0.25, 0.3) is 0 Å². The van der Waals surface area contributed by atoms with Gasteiger partial charge in [-0.1, -0.05) is 43.5 Å². The molecule has 0 bridgehead atoms. The van der Waals surface area contributed by atoms with Crippen LogP contribution >= 0.6 is 0 Å². The number of nitrogens with zero attached hydrogens (tertiary/aromatic N) is 1. The maximum Gasteiger partial charge on any atom is 0.191 e. The molecule has 1 aliphatic carbocycles. The molecule has 2 rings (SSSR count). The van der Waals surface area contributed by atoms with E-state index in [1.165, 1.54) is 43.2 Å². The zero-order valence-corrected chi connectivity index (χ0v) is 15.7. The van der Waals surface area contributed by atoms with Gasteiger partial charge < -0.3 is 20.1 Å². The predicted octanol–water partition coefficient (Wildman–Crippen LogP) is 3.24. The van der Waals surface area contributed by atoms with E-state index >= 15 is 0 Å². The molecule has 0 aliphatic heterocycles. The SMILES string of the molecule is CN=C(NCCCOC1CCCCC1)NCc1ccccc1COC. The number of ether oxygens (including phenoxy) is 2. The van der Waals surface area contributed by atoms with Crippen LogP contribution in [0.3, 0.4) is 0 Å². The van der Waals surface area contributed by atoms with Gasteiger partial charge >= 0.3 is 0 Å². The van der Waals surface area contributed by atoms with Crippen LogP contribution in [-0.4, -0.2) is 39.4 Å². The maximum absolute atomic E-state index is 5.96. The average Bonchev–Trinajstić information content (AvgIpc) is 2.66. The molecule has 1 aromatic rings. The zero-order valence-electron chi connectivity index (χ0n) is 15.7. The summed E-state index contributed by atoms with van der Waals surface area (Å²) in [6.45, 7) is 3.05. The number of nitrogens with one attached hydrogen (secondary N) is 2. The summed E-state index contributed by atoms with van der Waals surface area (Å²) in [7, 11) is 3.52. The van der Waals surface area contributed by atoms with Gasteiger partial charge in [-0.15, -0.1) is 0 Å². The third kappa shape index (κ3) is 7.45. The van der Waals surface area contributed by atoms with Crippen molar-refractivity contribution in [1.82, 2.24) is 10.6 Å². The van der Waals surface area contributed by atoms with Crippen LogP contribution in [0.4, 0.5) is 0 Å². The van der Waals surface area contributed by atoms with Crippen molar-refractivity contribution in [2.45, 2.75) is 57.8 Å². The molecule has 0 aromatic heterocycles. The number of aliphatic imine (C=N–C) groups is 1. The topological polar surface area (TPSA) is 54.9 Å². The van der Waals surface area contributed by atoms with E-state index in [0.29, 0.717) is 12.7 Å². The summed E-state index contributed by atoms with van der Waals surface area (Å²) in [5.41, 5.74) is 2.43. The first-order valence-corrected chi connectivity index (χ1v) is 9.45. The molecule has 1 aliphatic rings. The molecule has 0 amide bonds. The third-order valence-corrected chi connectivity index (χ3v) is 4.61. The van der Waals surface area contributed by atoms with Crippen molar-refractivity contribution in [2.75, 3.05) is 27.3 Å². The fraction of sp³-hybridized carbons (Fsp3) is 0.650. The van der Waals surface area contributed by atoms with Gasteiger partial charge in [0.05, 0.1) is 12.7 Å². The number of guanidine groups is 1. The second kappa shape index (κ2) is 11.9. The normalized spacial score (nSPS) is 16.0. The van der Waals surface area contributed by atoms with E-state index < -0.39 is 0 Å². The Morgan fingerprint density at radius 2 is 1.88 bits per heavy atom. The van der Waals surface area contributed by atoms with Crippen LogP contribution in [-0.2, 0) is 22.6 Å². The van der Waals surface area contributed by atoms with Crippen LogP contribution in [0, 0.1) is 0 Å². The van der Waals surface area contributed by atoms with Crippen LogP contribution in [0.15, 0.2) is 29.3 Å². The molecule has 1 aromatic carbocycles. The van der Waals surface area contributed by atoms with Gasteiger partial charge in [0.1, 0.15) is 0 Å². The lowest BCUT2D eigenvalue weighted by atomic mass is 9.98. The summed E-state index contributed by atoms with van der Waals surface area (Å²) in [5.74, 6) is 0.824. The highest BCUT2D eigenvalue weighted by Crippen LogP contribution is 2.20. The molecule has 0 unspecified atom stereocenters. The van der Waals surface area contributed by atoms with E-state index in [1.54, 1.807) is 14.2 Å². The Morgan fingerprint density at radius 3 is 2.60 bits per heavy atom. The number of rotatable bonds is 9. The molecule has 2 N–H and O–H groups in total. The van der Waals surface area contributed by atoms with E-state index in [1.807, 2.05) is 6.07 Å². The lowest BCUT2D eigenvalue weighted by Crippen LogP contribution is -2.37. The van der Waals surface area contributed by atoms with Crippen LogP contribution in [0.5, 0.6) is 0 Å². The molecule has 5 heteroatoms. The van der Waals surface area contributed by atoms with Crippen molar-refractivity contribution < 1.29 is 9.47 Å². The highest BCUT2D eigenvalue weighted by atomic mass is 16.5. The van der Waals surface area contributed by atoms with Crippen molar-refractivity contribution in [3.05, 3.63) is 35.4 Å². The smallest absolute Gasteiger partial charge is 0.191 e. The average molecular weight is 348 g/mol. The third-order valence-electron chi connectivity index (χ3n) is 4.61. The molecule has 0 heterocycles. The van der Waals surface area contributed by atoms with E-state index in [-0.39, 0.29) is 0 Å². The Labute approximate surface area is 152 Å². The first-order valence-electron chi connectivity index (χ1n) is 9.45. The molecule has 0 spiro atoms. The summed E-state index contributed by atoms with van der Waals surface area (Å²) in [5, 5.41) is 6.72. The summed E-state index contributed by atoms with van der Waals surface area (Å²) in [4.78, 5) is 4.29. The maximum atomic E-state index is 5.96. The molecule has 0 radical (unpaired) electrons. The van der Waals surface area contributed by atoms with Crippen molar-refractivity contribution in [3.8, 4) is 0 Å². The molecule has 25 heavy (non-hydrogen) atoms. The van der Waals surface area contributed by atoms with Gasteiger partial charge in [0.2, 0.25) is 0 Å². The molecular formula is C20H33N3O2. The van der Waals surface area contributed by atoms with Gasteiger partial charge in [-0.3, -0.25) is 4.99 Å². The van der Waals surface area contributed by atoms with Crippen molar-refractivity contribution >= 4 is 5.96 Å². The largest absolute Gasteiger partial charge is 0.380 e. The van der Waals surface area contributed by atoms with Crippen LogP contribution in [0.2, 0.25) is 0 Å². The molecule has 1 saturated carbocycles. The van der Waals surface area contributed by atoms with Gasteiger partial charge in [-0.05, 0) is 30.4 Å². The minimum atomic E-state index is 0.489. The van der Waals surface area contributed by atoms with Crippen molar-refractivity contribution in [3.63, 3.8) is 0 Å². The Morgan fingerprint density at radius 1 is 1.12 bits per heavy atom. The number of hydrogen-bond acceptors (Lipinski definition) is 3. The molecule has 1 fully saturated rings. The van der Waals surface area contributed by atoms with E-state index in [4.69, 9.17) is 9.47 Å². The van der Waals surface area contributed by atoms with Crippen molar-refractivity contribution in [1.29, 1.82) is 0 Å². The number of hydrogen-bond donors (Lipinski definition) is 2. The van der Waals surface area contributed by atoms with Gasteiger partial charge in [0, 0.05) is 33.9 Å². The van der Waals surface area contributed by atoms with Crippen LogP contribution in [0.1, 0.15) is 49.7 Å². The minimum absolute atomic E-state index is 0.489. The molecule has 0 atom stereocenters. The van der Waals surface area contributed by atoms with Gasteiger partial charge in [-0.2, -0.15) is 0 Å². The monoisotopic (exact) mass is 347 g/mol. The van der Waals surface area contributed by atoms with Gasteiger partial charge in [0.15, 0.2) is 5.96 Å². The standard InChI is InChI=1S/C20H33N3O2/c1-21-20(22-13-8-14-25-19-11-4-3-5-12-19)23-15-17-9-6-7-10-18(17)16-24-2/h6-7,9-10,19H,3-5,8,11-16H2,1-2H3,(H2,21,22,23). The second-order valence-electron chi connectivity index (χ2n) is 6.54. The minimum Gasteiger partial charge on any atom is -0.380 e. The number of benzene rings is 1. The number of methoxy groups -OCH3 is 1. The first-order chi connectivity index (χ1) is 12.3. The highest BCUT2D eigenvalue weighted by Gasteiger charge is 2.13. The zero-order chi connectivity index (χ0) is 17.7. The van der Waals surface area contributed by atoms with Crippen LogP contribution in [0.25, 0.3) is 0 Å². The molecule has 5 nitrogen and oxygen atoms in total.